The summed E-state index contributed by atoms with van der Waals surface area (Å²) in [7, 11) is 1.62. The second-order valence-corrected chi connectivity index (χ2v) is 9.14. The number of hydrazone groups is 1. The third kappa shape index (κ3) is 5.82. The van der Waals surface area contributed by atoms with Gasteiger partial charge in [-0.1, -0.05) is 29.5 Å². The quantitative estimate of drug-likeness (QED) is 0.151. The highest BCUT2D eigenvalue weighted by atomic mass is 32.1. The number of hydrogen-bond acceptors (Lipinski definition) is 7. The molecule has 0 atom stereocenters. The molecule has 8 heteroatoms. The first kappa shape index (κ1) is 25.0. The van der Waals surface area contributed by atoms with Gasteiger partial charge in [-0.15, -0.1) is 0 Å². The zero-order chi connectivity index (χ0) is 26.3. The molecule has 0 saturated heterocycles. The smallest absolute Gasteiger partial charge is 0.280 e. The fourth-order valence-electron chi connectivity index (χ4n) is 3.65. The summed E-state index contributed by atoms with van der Waals surface area (Å²) >= 11 is 1.36. The van der Waals surface area contributed by atoms with Gasteiger partial charge in [0.15, 0.2) is 0 Å². The Balaban J connectivity index is 1.44. The van der Waals surface area contributed by atoms with E-state index >= 15 is 0 Å². The SMILES string of the molecule is CCOc1ccc(/C=N/N(C(=O)c2ccc(Oc3ccccc3)cc2)c2nc3ccc(OC)cc3s2)cc1. The van der Waals surface area contributed by atoms with Crippen molar-refractivity contribution in [2.45, 2.75) is 6.92 Å². The predicted octanol–water partition coefficient (Wildman–Crippen LogP) is 7.18. The zero-order valence-corrected chi connectivity index (χ0v) is 21.7. The third-order valence-electron chi connectivity index (χ3n) is 5.55. The van der Waals surface area contributed by atoms with Gasteiger partial charge in [0.1, 0.15) is 23.0 Å². The van der Waals surface area contributed by atoms with Gasteiger partial charge in [0, 0.05) is 5.56 Å². The summed E-state index contributed by atoms with van der Waals surface area (Å²) in [4.78, 5) is 18.3. The lowest BCUT2D eigenvalue weighted by Gasteiger charge is -2.14. The summed E-state index contributed by atoms with van der Waals surface area (Å²) in [5, 5.41) is 6.32. The van der Waals surface area contributed by atoms with Crippen molar-refractivity contribution in [3.63, 3.8) is 0 Å². The molecular formula is C30H25N3O4S. The van der Waals surface area contributed by atoms with E-state index < -0.39 is 0 Å². The molecular weight excluding hydrogens is 498 g/mol. The van der Waals surface area contributed by atoms with Gasteiger partial charge in [-0.05, 0) is 91.3 Å². The van der Waals surface area contributed by atoms with Crippen LogP contribution in [0.1, 0.15) is 22.8 Å². The summed E-state index contributed by atoms with van der Waals surface area (Å²) in [6.45, 7) is 2.53. The Labute approximate surface area is 224 Å². The molecule has 7 nitrogen and oxygen atoms in total. The summed E-state index contributed by atoms with van der Waals surface area (Å²) < 4.78 is 17.6. The Hall–Kier alpha value is -4.69. The maximum absolute atomic E-state index is 13.7. The van der Waals surface area contributed by atoms with Crippen molar-refractivity contribution in [3.05, 3.63) is 108 Å². The van der Waals surface area contributed by atoms with E-state index in [-0.39, 0.29) is 5.91 Å². The van der Waals surface area contributed by atoms with Gasteiger partial charge in [0.05, 0.1) is 30.1 Å². The first-order valence-corrected chi connectivity index (χ1v) is 12.8. The topological polar surface area (TPSA) is 73.2 Å². The number of rotatable bonds is 9. The molecule has 0 bridgehead atoms. The number of para-hydroxylation sites is 1. The van der Waals surface area contributed by atoms with Gasteiger partial charge in [-0.3, -0.25) is 4.79 Å². The van der Waals surface area contributed by atoms with Crippen LogP contribution < -0.4 is 19.2 Å². The molecule has 1 amide bonds. The number of carbonyl (C=O) groups is 1. The van der Waals surface area contributed by atoms with E-state index in [2.05, 4.69) is 10.1 Å². The molecule has 0 aliphatic rings. The molecule has 1 aromatic heterocycles. The molecule has 0 unspecified atom stereocenters. The van der Waals surface area contributed by atoms with E-state index in [9.17, 15) is 4.79 Å². The number of carbonyl (C=O) groups excluding carboxylic acids is 1. The van der Waals surface area contributed by atoms with E-state index in [1.54, 1.807) is 37.6 Å². The van der Waals surface area contributed by atoms with Crippen LogP contribution in [0.4, 0.5) is 5.13 Å². The van der Waals surface area contributed by atoms with Crippen molar-refractivity contribution in [2.75, 3.05) is 18.7 Å². The van der Waals surface area contributed by atoms with Gasteiger partial charge in [-0.25, -0.2) is 4.98 Å². The number of methoxy groups -OCH3 is 1. The van der Waals surface area contributed by atoms with Crippen LogP contribution in [-0.4, -0.2) is 30.8 Å². The normalized spacial score (nSPS) is 11.0. The Kier molecular flexibility index (Phi) is 7.61. The summed E-state index contributed by atoms with van der Waals surface area (Å²) in [5.41, 5.74) is 2.03. The van der Waals surface area contributed by atoms with Gasteiger partial charge in [0.2, 0.25) is 5.13 Å². The fourth-order valence-corrected chi connectivity index (χ4v) is 4.60. The Morgan fingerprint density at radius 3 is 2.29 bits per heavy atom. The van der Waals surface area contributed by atoms with Crippen LogP contribution >= 0.6 is 11.3 Å². The molecule has 0 fully saturated rings. The maximum atomic E-state index is 13.7. The van der Waals surface area contributed by atoms with Crippen molar-refractivity contribution in [1.82, 2.24) is 4.98 Å². The molecule has 0 aliphatic carbocycles. The Morgan fingerprint density at radius 2 is 1.58 bits per heavy atom. The van der Waals surface area contributed by atoms with Crippen molar-refractivity contribution in [3.8, 4) is 23.0 Å². The number of amides is 1. The molecule has 0 spiro atoms. The number of hydrogen-bond donors (Lipinski definition) is 0. The minimum absolute atomic E-state index is 0.315. The number of nitrogens with zero attached hydrogens (tertiary/aromatic N) is 3. The van der Waals surface area contributed by atoms with E-state index in [0.717, 1.165) is 33.0 Å². The van der Waals surface area contributed by atoms with Gasteiger partial charge in [-0.2, -0.15) is 10.1 Å². The first-order valence-electron chi connectivity index (χ1n) is 12.0. The largest absolute Gasteiger partial charge is 0.497 e. The molecule has 5 aromatic rings. The van der Waals surface area contributed by atoms with Crippen molar-refractivity contribution < 1.29 is 19.0 Å². The number of ether oxygens (including phenoxy) is 3. The lowest BCUT2D eigenvalue weighted by Crippen LogP contribution is -2.25. The highest BCUT2D eigenvalue weighted by Crippen LogP contribution is 2.33. The lowest BCUT2D eigenvalue weighted by atomic mass is 10.2. The van der Waals surface area contributed by atoms with Crippen molar-refractivity contribution in [2.24, 2.45) is 5.10 Å². The first-order chi connectivity index (χ1) is 18.6. The Bertz CT molecular complexity index is 1550. The molecule has 190 valence electrons. The van der Waals surface area contributed by atoms with Crippen LogP contribution in [0.25, 0.3) is 10.2 Å². The number of thiazole rings is 1. The summed E-state index contributed by atoms with van der Waals surface area (Å²) in [6.07, 6.45) is 1.63. The zero-order valence-electron chi connectivity index (χ0n) is 20.9. The predicted molar refractivity (Wildman–Crippen MR) is 151 cm³/mol. The fraction of sp³-hybridized carbons (Fsp3) is 0.100. The van der Waals surface area contributed by atoms with Crippen LogP contribution in [0, 0.1) is 0 Å². The minimum Gasteiger partial charge on any atom is -0.497 e. The second kappa shape index (κ2) is 11.6. The van der Waals surface area contributed by atoms with E-state index in [1.165, 1.54) is 16.3 Å². The summed E-state index contributed by atoms with van der Waals surface area (Å²) in [6, 6.07) is 29.5. The number of fused-ring (bicyclic) bond motifs is 1. The third-order valence-corrected chi connectivity index (χ3v) is 6.55. The van der Waals surface area contributed by atoms with E-state index in [0.29, 0.717) is 23.1 Å². The molecule has 5 rings (SSSR count). The van der Waals surface area contributed by atoms with Crippen molar-refractivity contribution >= 4 is 38.8 Å². The molecule has 0 radical (unpaired) electrons. The maximum Gasteiger partial charge on any atom is 0.280 e. The van der Waals surface area contributed by atoms with Crippen LogP contribution in [-0.2, 0) is 0 Å². The average Bonchev–Trinajstić information content (AvgIpc) is 3.38. The average molecular weight is 524 g/mol. The number of benzene rings is 4. The highest BCUT2D eigenvalue weighted by molar-refractivity contribution is 7.22. The number of aromatic nitrogens is 1. The molecule has 0 aliphatic heterocycles. The highest BCUT2D eigenvalue weighted by Gasteiger charge is 2.21. The van der Waals surface area contributed by atoms with Gasteiger partial charge in [0.25, 0.3) is 5.91 Å². The molecule has 1 heterocycles. The molecule has 0 N–H and O–H groups in total. The van der Waals surface area contributed by atoms with Crippen LogP contribution in [0.5, 0.6) is 23.0 Å². The molecule has 4 aromatic carbocycles. The molecule has 0 saturated carbocycles. The minimum atomic E-state index is -0.315. The lowest BCUT2D eigenvalue weighted by molar-refractivity contribution is 0.0988. The van der Waals surface area contributed by atoms with Gasteiger partial charge < -0.3 is 14.2 Å². The van der Waals surface area contributed by atoms with Gasteiger partial charge >= 0.3 is 0 Å². The van der Waals surface area contributed by atoms with E-state index in [4.69, 9.17) is 14.2 Å². The Morgan fingerprint density at radius 1 is 0.895 bits per heavy atom. The van der Waals surface area contributed by atoms with Crippen molar-refractivity contribution in [1.29, 1.82) is 0 Å². The number of anilines is 1. The monoisotopic (exact) mass is 523 g/mol. The summed E-state index contributed by atoms with van der Waals surface area (Å²) in [5.74, 6) is 2.53. The van der Waals surface area contributed by atoms with Crippen LogP contribution in [0.15, 0.2) is 102 Å². The molecule has 38 heavy (non-hydrogen) atoms. The standard InChI is InChI=1S/C30H25N3O4S/c1-3-36-23-13-9-21(10-14-23)20-31-33(30-32-27-18-17-26(35-2)19-28(27)38-30)29(34)22-11-15-25(16-12-22)37-24-7-5-4-6-8-24/h4-20H,3H2,1-2H3/b31-20+. The van der Waals surface area contributed by atoms with Crippen LogP contribution in [0.2, 0.25) is 0 Å². The second-order valence-electron chi connectivity index (χ2n) is 8.13. The van der Waals surface area contributed by atoms with E-state index in [1.807, 2.05) is 79.7 Å². The van der Waals surface area contributed by atoms with Crippen LogP contribution in [0.3, 0.4) is 0 Å².